The molecule has 0 spiro atoms. The highest BCUT2D eigenvalue weighted by Gasteiger charge is 2.05. The van der Waals surface area contributed by atoms with Gasteiger partial charge >= 0.3 is 6.03 Å². The second kappa shape index (κ2) is 5.13. The second-order valence-electron chi connectivity index (χ2n) is 3.59. The summed E-state index contributed by atoms with van der Waals surface area (Å²) < 4.78 is 4.73. The Bertz CT molecular complexity index is 546. The van der Waals surface area contributed by atoms with Gasteiger partial charge in [-0.2, -0.15) is 0 Å². The van der Waals surface area contributed by atoms with Crippen LogP contribution in [-0.4, -0.2) is 17.0 Å². The number of aromatic nitrogens is 1. The van der Waals surface area contributed by atoms with Crippen LogP contribution in [0.15, 0.2) is 41.1 Å². The number of hydrogen-bond acceptors (Lipinski definition) is 4. The van der Waals surface area contributed by atoms with Gasteiger partial charge in [-0.05, 0) is 31.2 Å². The van der Waals surface area contributed by atoms with Crippen LogP contribution in [-0.2, 0) is 0 Å². The van der Waals surface area contributed by atoms with Crippen LogP contribution in [0.25, 0.3) is 0 Å². The van der Waals surface area contributed by atoms with Crippen molar-refractivity contribution in [2.45, 2.75) is 6.92 Å². The molecule has 1 aromatic carbocycles. The second-order valence-corrected chi connectivity index (χ2v) is 3.59. The maximum Gasteiger partial charge on any atom is 0.326 e. The molecule has 1 heterocycles. The molecule has 0 atom stereocenters. The van der Waals surface area contributed by atoms with Crippen molar-refractivity contribution in [1.29, 1.82) is 0 Å². The van der Waals surface area contributed by atoms with Crippen LogP contribution in [0, 0.1) is 0 Å². The number of hydrogen-bond donors (Lipinski definition) is 2. The van der Waals surface area contributed by atoms with Crippen molar-refractivity contribution in [1.82, 2.24) is 5.16 Å². The van der Waals surface area contributed by atoms with Gasteiger partial charge in [0.1, 0.15) is 0 Å². The number of benzene rings is 1. The van der Waals surface area contributed by atoms with Crippen LogP contribution in [0.2, 0.25) is 0 Å². The molecule has 0 unspecified atom stereocenters. The highest BCUT2D eigenvalue weighted by molar-refractivity contribution is 5.99. The SMILES string of the molecule is CC(=O)c1ccc(NC(=O)Nc2ccno2)cc1. The summed E-state index contributed by atoms with van der Waals surface area (Å²) in [6, 6.07) is 7.67. The van der Waals surface area contributed by atoms with Crippen molar-refractivity contribution >= 4 is 23.4 Å². The molecule has 0 bridgehead atoms. The number of anilines is 2. The van der Waals surface area contributed by atoms with Crippen molar-refractivity contribution in [2.24, 2.45) is 0 Å². The topological polar surface area (TPSA) is 84.2 Å². The lowest BCUT2D eigenvalue weighted by atomic mass is 10.1. The van der Waals surface area contributed by atoms with E-state index in [0.717, 1.165) is 0 Å². The number of urea groups is 1. The predicted octanol–water partition coefficient (Wildman–Crippen LogP) is 2.52. The number of carbonyl (C=O) groups is 2. The van der Waals surface area contributed by atoms with Crippen LogP contribution in [0.4, 0.5) is 16.4 Å². The van der Waals surface area contributed by atoms with Crippen LogP contribution in [0.3, 0.4) is 0 Å². The zero-order valence-electron chi connectivity index (χ0n) is 9.64. The van der Waals surface area contributed by atoms with Gasteiger partial charge in [0.2, 0.25) is 5.88 Å². The first-order chi connectivity index (χ1) is 8.65. The lowest BCUT2D eigenvalue weighted by Crippen LogP contribution is -2.19. The number of nitrogens with zero attached hydrogens (tertiary/aromatic N) is 1. The summed E-state index contributed by atoms with van der Waals surface area (Å²) in [7, 11) is 0. The van der Waals surface area contributed by atoms with E-state index in [9.17, 15) is 9.59 Å². The Morgan fingerprint density at radius 2 is 1.83 bits per heavy atom. The van der Waals surface area contributed by atoms with E-state index >= 15 is 0 Å². The van der Waals surface area contributed by atoms with E-state index in [1.807, 2.05) is 0 Å². The molecule has 2 N–H and O–H groups in total. The number of amides is 2. The third kappa shape index (κ3) is 2.94. The molecule has 6 nitrogen and oxygen atoms in total. The molecule has 0 aliphatic heterocycles. The van der Waals surface area contributed by atoms with E-state index in [4.69, 9.17) is 4.52 Å². The Labute approximate surface area is 103 Å². The molecule has 0 saturated carbocycles. The molecule has 92 valence electrons. The van der Waals surface area contributed by atoms with Gasteiger partial charge in [-0.15, -0.1) is 0 Å². The molecule has 2 rings (SSSR count). The fourth-order valence-corrected chi connectivity index (χ4v) is 1.34. The van der Waals surface area contributed by atoms with Crippen LogP contribution < -0.4 is 10.6 Å². The van der Waals surface area contributed by atoms with E-state index in [2.05, 4.69) is 15.8 Å². The normalized spacial score (nSPS) is 9.83. The summed E-state index contributed by atoms with van der Waals surface area (Å²) in [6.07, 6.45) is 1.43. The van der Waals surface area contributed by atoms with Crippen molar-refractivity contribution in [3.05, 3.63) is 42.1 Å². The number of rotatable bonds is 3. The molecule has 18 heavy (non-hydrogen) atoms. The number of Topliss-reactive ketones (excluding diaryl/α,β-unsaturated/α-hetero) is 1. The highest BCUT2D eigenvalue weighted by atomic mass is 16.5. The molecule has 0 saturated heterocycles. The van der Waals surface area contributed by atoms with E-state index in [-0.39, 0.29) is 11.7 Å². The average molecular weight is 245 g/mol. The van der Waals surface area contributed by atoms with Crippen LogP contribution in [0.5, 0.6) is 0 Å². The van der Waals surface area contributed by atoms with E-state index < -0.39 is 6.03 Å². The van der Waals surface area contributed by atoms with Crippen molar-refractivity contribution in [3.8, 4) is 0 Å². The van der Waals surface area contributed by atoms with E-state index in [0.29, 0.717) is 11.3 Å². The molecule has 1 aromatic heterocycles. The zero-order valence-corrected chi connectivity index (χ0v) is 9.64. The molecule has 0 radical (unpaired) electrons. The fourth-order valence-electron chi connectivity index (χ4n) is 1.34. The van der Waals surface area contributed by atoms with E-state index in [1.54, 1.807) is 24.3 Å². The third-order valence-electron chi connectivity index (χ3n) is 2.22. The smallest absolute Gasteiger partial charge is 0.326 e. The first-order valence-corrected chi connectivity index (χ1v) is 5.25. The van der Waals surface area contributed by atoms with Crippen LogP contribution >= 0.6 is 0 Å². The first-order valence-electron chi connectivity index (χ1n) is 5.25. The van der Waals surface area contributed by atoms with E-state index in [1.165, 1.54) is 19.2 Å². The minimum atomic E-state index is -0.442. The first kappa shape index (κ1) is 11.8. The molecule has 0 fully saturated rings. The standard InChI is InChI=1S/C12H11N3O3/c1-8(16)9-2-4-10(5-3-9)14-12(17)15-11-6-7-13-18-11/h2-7H,1H3,(H2,14,15,17). The third-order valence-corrected chi connectivity index (χ3v) is 2.22. The predicted molar refractivity (Wildman–Crippen MR) is 65.6 cm³/mol. The summed E-state index contributed by atoms with van der Waals surface area (Å²) in [5.74, 6) is 0.237. The molecule has 0 aliphatic carbocycles. The quantitative estimate of drug-likeness (QED) is 0.814. The zero-order chi connectivity index (χ0) is 13.0. The number of ketones is 1. The van der Waals surface area contributed by atoms with Gasteiger partial charge in [-0.1, -0.05) is 5.16 Å². The Kier molecular flexibility index (Phi) is 3.38. The van der Waals surface area contributed by atoms with Gasteiger partial charge in [0.15, 0.2) is 5.78 Å². The number of carbonyl (C=O) groups excluding carboxylic acids is 2. The molecule has 0 aliphatic rings. The van der Waals surface area contributed by atoms with Crippen molar-refractivity contribution < 1.29 is 14.1 Å². The van der Waals surface area contributed by atoms with Gasteiger partial charge in [0.25, 0.3) is 0 Å². The summed E-state index contributed by atoms with van der Waals surface area (Å²) in [4.78, 5) is 22.6. The molecule has 2 amide bonds. The van der Waals surface area contributed by atoms with Gasteiger partial charge in [-0.3, -0.25) is 10.1 Å². The Hall–Kier alpha value is -2.63. The minimum Gasteiger partial charge on any atom is -0.338 e. The van der Waals surface area contributed by atoms with Gasteiger partial charge in [0.05, 0.1) is 6.20 Å². The fraction of sp³-hybridized carbons (Fsp3) is 0.0833. The summed E-state index contributed by atoms with van der Waals surface area (Å²) in [6.45, 7) is 1.49. The maximum atomic E-state index is 11.5. The maximum absolute atomic E-state index is 11.5. The van der Waals surface area contributed by atoms with Crippen molar-refractivity contribution in [2.75, 3.05) is 10.6 Å². The summed E-state index contributed by atoms with van der Waals surface area (Å²) in [5, 5.41) is 8.52. The Morgan fingerprint density at radius 3 is 2.39 bits per heavy atom. The largest absolute Gasteiger partial charge is 0.338 e. The van der Waals surface area contributed by atoms with Crippen molar-refractivity contribution in [3.63, 3.8) is 0 Å². The summed E-state index contributed by atoms with van der Waals surface area (Å²) >= 11 is 0. The molecular weight excluding hydrogens is 234 g/mol. The monoisotopic (exact) mass is 245 g/mol. The summed E-state index contributed by atoms with van der Waals surface area (Å²) in [5.41, 5.74) is 1.17. The highest BCUT2D eigenvalue weighted by Crippen LogP contribution is 2.11. The lowest BCUT2D eigenvalue weighted by molar-refractivity contribution is 0.101. The van der Waals surface area contributed by atoms with Gasteiger partial charge < -0.3 is 9.84 Å². The van der Waals surface area contributed by atoms with Gasteiger partial charge in [0, 0.05) is 17.3 Å². The Balaban J connectivity index is 1.97. The van der Waals surface area contributed by atoms with Crippen LogP contribution in [0.1, 0.15) is 17.3 Å². The average Bonchev–Trinajstić information content (AvgIpc) is 2.82. The molecule has 2 aromatic rings. The Morgan fingerprint density at radius 1 is 1.11 bits per heavy atom. The molecular formula is C12H11N3O3. The van der Waals surface area contributed by atoms with Gasteiger partial charge in [-0.25, -0.2) is 4.79 Å². The lowest BCUT2D eigenvalue weighted by Gasteiger charge is -2.05. The number of nitrogens with one attached hydrogen (secondary N) is 2. The molecule has 6 heteroatoms. The minimum absolute atomic E-state index is 0.0207.